The summed E-state index contributed by atoms with van der Waals surface area (Å²) in [7, 11) is 2.95. The van der Waals surface area contributed by atoms with Crippen molar-refractivity contribution in [1.29, 1.82) is 0 Å². The zero-order valence-electron chi connectivity index (χ0n) is 48.5. The lowest BCUT2D eigenvalue weighted by Gasteiger charge is -2.23. The average Bonchev–Trinajstić information content (AvgIpc) is 1.79. The normalized spacial score (nSPS) is 17.8. The minimum Gasteiger partial charge on any atom is -0.449 e. The largest absolute Gasteiger partial charge is 0.449 e. The molecule has 89 heavy (non-hydrogen) atoms. The summed E-state index contributed by atoms with van der Waals surface area (Å²) in [5.41, 5.74) is 8.18. The summed E-state index contributed by atoms with van der Waals surface area (Å²) in [5, 5.41) is 34.8. The Bertz CT molecular complexity index is 3950. The number of likely N-dealkylation sites (tertiary alicyclic amines) is 1. The first-order chi connectivity index (χ1) is 42.8. The predicted molar refractivity (Wildman–Crippen MR) is 337 cm³/mol. The van der Waals surface area contributed by atoms with Gasteiger partial charge in [-0.3, -0.25) is 38.9 Å². The molecule has 2 aliphatic rings. The standard InChI is InChI=1S/C58H60N14O11S6/c1-27(2)31-19-38(73)44-28(3)88-56(70-44)33(20-41(74)60-4)63-50(79)35-24-84-52(65-35)30-15-16-32(54-67-40(26-87-54)68-58(81)83-18-10-14-43(76)72-17-9-13-37(72)49(59)78)62-45(30)34-23-85-55(64-34)36-25-86-57(66-36)47(48(77)29-11-7-6-8-12-29)69-42(75)21-61-51(80)46-39(22-82-5)89-53(31)71-46/h6-8,11-12,15-16,23-27,31,33,37,47-48,77H,9-10,13-14,17-22H2,1-5H3,(H2,59,78)(H,60,74)(H,61,80)(H,63,79)(H,68,81)(H,69,75)/t31-,33-,37-,47-,48-/m0/s1. The lowest BCUT2D eigenvalue weighted by Crippen LogP contribution is -2.43. The van der Waals surface area contributed by atoms with Crippen molar-refractivity contribution >= 4 is 121 Å². The maximum atomic E-state index is 14.4. The van der Waals surface area contributed by atoms with Gasteiger partial charge in [0.2, 0.25) is 23.6 Å². The predicted octanol–water partition coefficient (Wildman–Crippen LogP) is 8.00. The summed E-state index contributed by atoms with van der Waals surface area (Å²) in [6, 6.07) is 9.52. The molecule has 10 rings (SSSR count). The number of pyridine rings is 1. The van der Waals surface area contributed by atoms with Gasteiger partial charge in [0.05, 0.1) is 47.8 Å². The first-order valence-electron chi connectivity index (χ1n) is 28.0. The lowest BCUT2D eigenvalue weighted by molar-refractivity contribution is -0.137. The Morgan fingerprint density at radius 1 is 0.787 bits per heavy atom. The molecule has 8 aromatic rings. The van der Waals surface area contributed by atoms with E-state index in [-0.39, 0.29) is 79.4 Å². The number of aryl methyl sites for hydroxylation is 1. The molecular weight excluding hydrogens is 1260 g/mol. The topological polar surface area (TPSA) is 355 Å². The van der Waals surface area contributed by atoms with Crippen molar-refractivity contribution in [2.45, 2.75) is 96.1 Å². The van der Waals surface area contributed by atoms with E-state index >= 15 is 0 Å². The maximum Gasteiger partial charge on any atom is 0.412 e. The van der Waals surface area contributed by atoms with Gasteiger partial charge in [0.15, 0.2) is 5.78 Å². The molecule has 0 saturated carbocycles. The molecule has 1 fully saturated rings. The molecule has 0 spiro atoms. The van der Waals surface area contributed by atoms with Gasteiger partial charge in [-0.25, -0.2) is 39.7 Å². The third-order valence-electron chi connectivity index (χ3n) is 14.5. The van der Waals surface area contributed by atoms with Crippen molar-refractivity contribution < 1.29 is 52.9 Å². The minimum atomic E-state index is -1.29. The van der Waals surface area contributed by atoms with Crippen LogP contribution in [0.4, 0.5) is 10.6 Å². The summed E-state index contributed by atoms with van der Waals surface area (Å²) < 4.78 is 10.8. The third-order valence-corrected chi connectivity index (χ3v) is 20.3. The number of carbonyl (C=O) groups is 8. The summed E-state index contributed by atoms with van der Waals surface area (Å²) in [6.07, 6.45) is -0.854. The number of anilines is 1. The number of hydrogen-bond acceptors (Lipinski definition) is 24. The number of nitrogens with zero attached hydrogens (tertiary/aromatic N) is 8. The number of amides is 7. The monoisotopic (exact) mass is 1320 g/mol. The van der Waals surface area contributed by atoms with Gasteiger partial charge in [-0.15, -0.1) is 68.0 Å². The number of methoxy groups -OCH3 is 1. The molecule has 7 aromatic heterocycles. The number of fused-ring (bicyclic) bond motifs is 14. The summed E-state index contributed by atoms with van der Waals surface area (Å²) >= 11 is 7.18. The molecule has 0 aliphatic carbocycles. The van der Waals surface area contributed by atoms with E-state index in [9.17, 15) is 43.5 Å². The minimum absolute atomic E-state index is 0.0188. The van der Waals surface area contributed by atoms with Crippen LogP contribution in [0.15, 0.2) is 64.0 Å². The van der Waals surface area contributed by atoms with E-state index in [2.05, 4.69) is 31.6 Å². The van der Waals surface area contributed by atoms with Crippen LogP contribution in [0.1, 0.15) is 138 Å². The lowest BCUT2D eigenvalue weighted by atomic mass is 9.90. The zero-order valence-corrected chi connectivity index (χ0v) is 53.4. The number of carbonyl (C=O) groups excluding carboxylic acids is 8. The second-order valence-corrected chi connectivity index (χ2v) is 26.8. The first-order valence-corrected chi connectivity index (χ1v) is 33.2. The van der Waals surface area contributed by atoms with Crippen LogP contribution in [0.25, 0.3) is 43.4 Å². The number of primary amides is 1. The van der Waals surface area contributed by atoms with Crippen molar-refractivity contribution in [1.82, 2.24) is 61.1 Å². The van der Waals surface area contributed by atoms with Gasteiger partial charge >= 0.3 is 6.09 Å². The molecule has 0 radical (unpaired) electrons. The van der Waals surface area contributed by atoms with Crippen molar-refractivity contribution in [2.75, 3.05) is 39.2 Å². The molecule has 25 nitrogen and oxygen atoms in total. The number of nitrogens with two attached hydrogens (primary N) is 1. The van der Waals surface area contributed by atoms with Crippen LogP contribution in [0.3, 0.4) is 0 Å². The van der Waals surface area contributed by atoms with Crippen molar-refractivity contribution in [3.63, 3.8) is 0 Å². The molecule has 1 saturated heterocycles. The number of ether oxygens (including phenoxy) is 2. The highest BCUT2D eigenvalue weighted by atomic mass is 32.1. The smallest absolute Gasteiger partial charge is 0.412 e. The van der Waals surface area contributed by atoms with Gasteiger partial charge < -0.3 is 46.5 Å². The van der Waals surface area contributed by atoms with Gasteiger partial charge in [-0.1, -0.05) is 44.2 Å². The van der Waals surface area contributed by atoms with E-state index in [1.165, 1.54) is 75.7 Å². The number of aliphatic hydroxyl groups excluding tert-OH is 1. The van der Waals surface area contributed by atoms with Gasteiger partial charge in [0.1, 0.15) is 83.2 Å². The molecule has 10 bridgehead atoms. The SMILES string of the molecule is CNC(=O)C[C@@H]1NC(=O)c2csc(n2)-c2ccc(-c3nc(NC(=O)OCCCC(=O)N4CCC[C@H]4C(N)=O)cs3)nc2-c2csc(n2)-c2csc(n2)[C@H]([C@@H](O)c2ccccc2)NC(=O)CNC(=O)c2nc(sc2COC)[C@H](C(C)C)CC(=O)c2nc1sc2C. The fourth-order valence-corrected chi connectivity index (χ4v) is 15.5. The molecule has 464 valence electrons. The Balaban J connectivity index is 0.981. The Hall–Kier alpha value is -8.17. The van der Waals surface area contributed by atoms with E-state index in [1.54, 1.807) is 70.9 Å². The molecule has 9 heterocycles. The molecular formula is C58H60N14O11S6. The highest BCUT2D eigenvalue weighted by Crippen LogP contribution is 2.41. The number of benzene rings is 1. The number of thiazole rings is 6. The summed E-state index contributed by atoms with van der Waals surface area (Å²) in [6.45, 7) is 5.50. The van der Waals surface area contributed by atoms with E-state index in [1.807, 2.05) is 13.8 Å². The van der Waals surface area contributed by atoms with Gasteiger partial charge in [0, 0.05) is 71.4 Å². The van der Waals surface area contributed by atoms with Gasteiger partial charge in [-0.2, -0.15) is 0 Å². The number of rotatable bonds is 14. The maximum absolute atomic E-state index is 14.4. The molecule has 1 aromatic carbocycles. The van der Waals surface area contributed by atoms with Crippen molar-refractivity contribution in [3.05, 3.63) is 111 Å². The average molecular weight is 1320 g/mol. The number of ketones is 1. The van der Waals surface area contributed by atoms with Crippen LogP contribution in [0.5, 0.6) is 0 Å². The fourth-order valence-electron chi connectivity index (χ4n) is 9.93. The quantitative estimate of drug-likeness (QED) is 0.0507. The van der Waals surface area contributed by atoms with Crippen LogP contribution >= 0.6 is 68.0 Å². The molecule has 7 amide bonds. The van der Waals surface area contributed by atoms with Crippen LogP contribution in [-0.2, 0) is 35.3 Å². The zero-order chi connectivity index (χ0) is 63.0. The Morgan fingerprint density at radius 3 is 2.28 bits per heavy atom. The molecule has 8 N–H and O–H groups in total. The molecule has 31 heteroatoms. The van der Waals surface area contributed by atoms with E-state index in [4.69, 9.17) is 45.1 Å². The number of aromatic nitrogens is 7. The second-order valence-electron chi connectivity index (χ2n) is 21.0. The van der Waals surface area contributed by atoms with E-state index < -0.39 is 72.3 Å². The van der Waals surface area contributed by atoms with E-state index in [0.29, 0.717) is 93.1 Å². The van der Waals surface area contributed by atoms with Crippen LogP contribution in [0, 0.1) is 12.8 Å². The van der Waals surface area contributed by atoms with Gasteiger partial charge in [-0.05, 0) is 49.8 Å². The van der Waals surface area contributed by atoms with Crippen LogP contribution in [0.2, 0.25) is 0 Å². The number of aliphatic hydroxyl groups is 1. The van der Waals surface area contributed by atoms with Crippen LogP contribution in [-0.4, -0.2) is 132 Å². The van der Waals surface area contributed by atoms with E-state index in [0.717, 1.165) is 11.3 Å². The summed E-state index contributed by atoms with van der Waals surface area (Å²) in [5.74, 6) is -3.87. The number of Topliss-reactive ketones (excluding diaryl/α,β-unsaturated/α-hetero) is 1. The Morgan fingerprint density at radius 2 is 1.52 bits per heavy atom. The third kappa shape index (κ3) is 15.0. The summed E-state index contributed by atoms with van der Waals surface area (Å²) in [4.78, 5) is 144. The highest BCUT2D eigenvalue weighted by Gasteiger charge is 2.35. The Kier molecular flexibility index (Phi) is 20.5. The van der Waals surface area contributed by atoms with Crippen molar-refractivity contribution in [2.24, 2.45) is 11.7 Å². The molecule has 2 aliphatic heterocycles. The number of hydrogen-bond donors (Lipinski definition) is 7. The fraction of sp³-hybridized carbons (Fsp3) is 0.362. The number of nitrogens with one attached hydrogen (secondary N) is 5. The first kappa shape index (κ1) is 63.8. The second kappa shape index (κ2) is 28.5. The Labute approximate surface area is 533 Å². The van der Waals surface area contributed by atoms with Crippen LogP contribution < -0.4 is 32.3 Å². The van der Waals surface area contributed by atoms with Gasteiger partial charge in [0.25, 0.3) is 11.8 Å². The van der Waals surface area contributed by atoms with Crippen molar-refractivity contribution in [3.8, 4) is 43.4 Å². The highest BCUT2D eigenvalue weighted by molar-refractivity contribution is 7.15. The molecule has 0 unspecified atom stereocenters. The molecule has 5 atom stereocenters.